The van der Waals surface area contributed by atoms with Crippen molar-refractivity contribution in [1.82, 2.24) is 4.90 Å². The number of carboxylic acids is 1. The molecule has 1 aliphatic heterocycles. The lowest BCUT2D eigenvalue weighted by atomic mass is 9.94. The lowest BCUT2D eigenvalue weighted by Crippen LogP contribution is -2.35. The molecule has 0 aromatic heterocycles. The van der Waals surface area contributed by atoms with Gasteiger partial charge in [0, 0.05) is 30.1 Å². The van der Waals surface area contributed by atoms with Crippen LogP contribution in [0.2, 0.25) is 10.0 Å². The van der Waals surface area contributed by atoms with Gasteiger partial charge in [-0.2, -0.15) is 0 Å². The van der Waals surface area contributed by atoms with Crippen LogP contribution in [0.5, 0.6) is 5.75 Å². The summed E-state index contributed by atoms with van der Waals surface area (Å²) in [7, 11) is 0. The van der Waals surface area contributed by atoms with Gasteiger partial charge in [0.05, 0.1) is 5.02 Å². The molecule has 2 rings (SSSR count). The molecule has 0 spiro atoms. The predicted octanol–water partition coefficient (Wildman–Crippen LogP) is 3.39. The maximum Gasteiger partial charge on any atom is 0.303 e. The van der Waals surface area contributed by atoms with Crippen LogP contribution in [0.3, 0.4) is 0 Å². The van der Waals surface area contributed by atoms with Crippen LogP contribution in [0.4, 0.5) is 0 Å². The van der Waals surface area contributed by atoms with E-state index < -0.39 is 5.97 Å². The second kappa shape index (κ2) is 6.66. The Morgan fingerprint density at radius 2 is 2.15 bits per heavy atom. The molecule has 1 aliphatic rings. The molecule has 1 saturated heterocycles. The number of rotatable bonds is 4. The third-order valence-corrected chi connectivity index (χ3v) is 4.07. The highest BCUT2D eigenvalue weighted by atomic mass is 35.5. The Hall–Kier alpha value is -0.970. The van der Waals surface area contributed by atoms with E-state index in [4.69, 9.17) is 28.3 Å². The third-order valence-electron chi connectivity index (χ3n) is 3.57. The van der Waals surface area contributed by atoms with E-state index in [0.717, 1.165) is 25.9 Å². The normalized spacial score (nSPS) is 20.0. The highest BCUT2D eigenvalue weighted by molar-refractivity contribution is 6.35. The minimum Gasteiger partial charge on any atom is -0.506 e. The Bertz CT molecular complexity index is 507. The highest BCUT2D eigenvalue weighted by Crippen LogP contribution is 2.32. The minimum atomic E-state index is -0.759. The van der Waals surface area contributed by atoms with Crippen LogP contribution in [-0.2, 0) is 11.3 Å². The molecule has 1 aromatic carbocycles. The molecule has 0 saturated carbocycles. The number of hydrogen-bond acceptors (Lipinski definition) is 3. The topological polar surface area (TPSA) is 60.8 Å². The zero-order chi connectivity index (χ0) is 14.7. The molecule has 1 unspecified atom stereocenters. The molecule has 4 nitrogen and oxygen atoms in total. The molecule has 1 fully saturated rings. The number of aromatic hydroxyl groups is 1. The number of nitrogens with zero attached hydrogens (tertiary/aromatic N) is 1. The number of carbonyl (C=O) groups is 1. The number of hydrogen-bond donors (Lipinski definition) is 2. The van der Waals surface area contributed by atoms with Gasteiger partial charge >= 0.3 is 5.97 Å². The van der Waals surface area contributed by atoms with E-state index >= 15 is 0 Å². The van der Waals surface area contributed by atoms with Crippen molar-refractivity contribution < 1.29 is 15.0 Å². The number of aliphatic carboxylic acids is 1. The summed E-state index contributed by atoms with van der Waals surface area (Å²) < 4.78 is 0. The lowest BCUT2D eigenvalue weighted by Gasteiger charge is -2.32. The van der Waals surface area contributed by atoms with Crippen LogP contribution in [0.1, 0.15) is 24.8 Å². The highest BCUT2D eigenvalue weighted by Gasteiger charge is 2.23. The molecule has 1 atom stereocenters. The number of benzene rings is 1. The summed E-state index contributed by atoms with van der Waals surface area (Å²) in [6.07, 6.45) is 2.09. The SMILES string of the molecule is O=C(O)CC1CCCN(Cc2cc(Cl)cc(Cl)c2O)C1. The van der Waals surface area contributed by atoms with E-state index in [-0.39, 0.29) is 23.1 Å². The van der Waals surface area contributed by atoms with Crippen molar-refractivity contribution in [3.05, 3.63) is 27.7 Å². The van der Waals surface area contributed by atoms with Gasteiger partial charge in [0.15, 0.2) is 0 Å². The lowest BCUT2D eigenvalue weighted by molar-refractivity contribution is -0.138. The van der Waals surface area contributed by atoms with Gasteiger partial charge in [0.25, 0.3) is 0 Å². The maximum absolute atomic E-state index is 10.8. The zero-order valence-electron chi connectivity index (χ0n) is 11.0. The van der Waals surface area contributed by atoms with Crippen LogP contribution in [0.15, 0.2) is 12.1 Å². The average molecular weight is 318 g/mol. The van der Waals surface area contributed by atoms with Gasteiger partial charge in [0.1, 0.15) is 5.75 Å². The Balaban J connectivity index is 2.04. The van der Waals surface area contributed by atoms with Gasteiger partial charge in [-0.05, 0) is 37.4 Å². The van der Waals surface area contributed by atoms with E-state index in [2.05, 4.69) is 4.90 Å². The second-order valence-electron chi connectivity index (χ2n) is 5.24. The molecule has 0 amide bonds. The van der Waals surface area contributed by atoms with Crippen molar-refractivity contribution in [2.24, 2.45) is 5.92 Å². The predicted molar refractivity (Wildman–Crippen MR) is 78.4 cm³/mol. The fourth-order valence-corrected chi connectivity index (χ4v) is 3.22. The first-order chi connectivity index (χ1) is 9.45. The zero-order valence-corrected chi connectivity index (χ0v) is 12.5. The number of phenolic OH excluding ortho intramolecular Hbond substituents is 1. The fourth-order valence-electron chi connectivity index (χ4n) is 2.69. The number of phenols is 1. The van der Waals surface area contributed by atoms with Gasteiger partial charge < -0.3 is 10.2 Å². The Kier molecular flexibility index (Phi) is 5.13. The van der Waals surface area contributed by atoms with Crippen LogP contribution >= 0.6 is 23.2 Å². The summed E-state index contributed by atoms with van der Waals surface area (Å²) >= 11 is 11.8. The number of carboxylic acid groups (broad SMARTS) is 1. The molecule has 6 heteroatoms. The first-order valence-electron chi connectivity index (χ1n) is 6.56. The van der Waals surface area contributed by atoms with Crippen molar-refractivity contribution in [2.45, 2.75) is 25.8 Å². The fraction of sp³-hybridized carbons (Fsp3) is 0.500. The molecule has 110 valence electrons. The summed E-state index contributed by atoms with van der Waals surface area (Å²) in [5, 5.41) is 19.5. The number of piperidine rings is 1. The number of likely N-dealkylation sites (tertiary alicyclic amines) is 1. The first kappa shape index (κ1) is 15.4. The summed E-state index contributed by atoms with van der Waals surface area (Å²) in [5.41, 5.74) is 0.679. The van der Waals surface area contributed by atoms with Crippen molar-refractivity contribution >= 4 is 29.2 Å². The molecule has 0 aliphatic carbocycles. The molecular weight excluding hydrogens is 301 g/mol. The molecular formula is C14H17Cl2NO3. The third kappa shape index (κ3) is 4.01. The van der Waals surface area contributed by atoms with E-state index in [0.29, 0.717) is 17.1 Å². The van der Waals surface area contributed by atoms with Gasteiger partial charge in [-0.25, -0.2) is 0 Å². The molecule has 1 aromatic rings. The van der Waals surface area contributed by atoms with Crippen LogP contribution in [0, 0.1) is 5.92 Å². The van der Waals surface area contributed by atoms with Gasteiger partial charge in [-0.15, -0.1) is 0 Å². The maximum atomic E-state index is 10.8. The summed E-state index contributed by atoms with van der Waals surface area (Å²) in [6.45, 7) is 2.14. The Morgan fingerprint density at radius 1 is 1.40 bits per heavy atom. The molecule has 0 radical (unpaired) electrons. The summed E-state index contributed by atoms with van der Waals surface area (Å²) in [6, 6.07) is 3.20. The van der Waals surface area contributed by atoms with Crippen molar-refractivity contribution in [2.75, 3.05) is 13.1 Å². The average Bonchev–Trinajstić information content (AvgIpc) is 2.35. The quantitative estimate of drug-likeness (QED) is 0.893. The molecule has 2 N–H and O–H groups in total. The smallest absolute Gasteiger partial charge is 0.303 e. The summed E-state index contributed by atoms with van der Waals surface area (Å²) in [5.74, 6) is -0.542. The van der Waals surface area contributed by atoms with Crippen molar-refractivity contribution in [3.63, 3.8) is 0 Å². The standard InChI is InChI=1S/C14H17Cl2NO3/c15-11-5-10(14(20)12(16)6-11)8-17-3-1-2-9(7-17)4-13(18)19/h5-6,9,20H,1-4,7-8H2,(H,18,19). The molecule has 20 heavy (non-hydrogen) atoms. The van der Waals surface area contributed by atoms with Crippen molar-refractivity contribution in [1.29, 1.82) is 0 Å². The molecule has 0 bridgehead atoms. The Morgan fingerprint density at radius 3 is 2.85 bits per heavy atom. The molecule has 1 heterocycles. The Labute approximate surface area is 127 Å². The van der Waals surface area contributed by atoms with Crippen LogP contribution < -0.4 is 0 Å². The van der Waals surface area contributed by atoms with Crippen molar-refractivity contribution in [3.8, 4) is 5.75 Å². The largest absolute Gasteiger partial charge is 0.506 e. The second-order valence-corrected chi connectivity index (χ2v) is 6.08. The minimum absolute atomic E-state index is 0.0522. The van der Waals surface area contributed by atoms with E-state index in [1.807, 2.05) is 0 Å². The first-order valence-corrected chi connectivity index (χ1v) is 7.32. The van der Waals surface area contributed by atoms with E-state index in [1.54, 1.807) is 6.07 Å². The number of halogens is 2. The monoisotopic (exact) mass is 317 g/mol. The summed E-state index contributed by atoms with van der Waals surface area (Å²) in [4.78, 5) is 12.9. The van der Waals surface area contributed by atoms with Gasteiger partial charge in [0.2, 0.25) is 0 Å². The van der Waals surface area contributed by atoms with Crippen LogP contribution in [-0.4, -0.2) is 34.2 Å². The van der Waals surface area contributed by atoms with Gasteiger partial charge in [-0.3, -0.25) is 9.69 Å². The van der Waals surface area contributed by atoms with E-state index in [1.165, 1.54) is 6.07 Å². The van der Waals surface area contributed by atoms with E-state index in [9.17, 15) is 9.90 Å². The van der Waals surface area contributed by atoms with Crippen LogP contribution in [0.25, 0.3) is 0 Å². The van der Waals surface area contributed by atoms with Gasteiger partial charge in [-0.1, -0.05) is 23.2 Å².